The van der Waals surface area contributed by atoms with Crippen LogP contribution < -0.4 is 0 Å². The fourth-order valence-corrected chi connectivity index (χ4v) is 3.56. The van der Waals surface area contributed by atoms with Gasteiger partial charge in [-0.15, -0.1) is 10.2 Å². The molecule has 0 unspecified atom stereocenters. The van der Waals surface area contributed by atoms with E-state index in [9.17, 15) is 0 Å². The molecule has 138 valence electrons. The maximum absolute atomic E-state index is 4.86. The molecule has 2 heterocycles. The normalized spacial score (nSPS) is 10.8. The van der Waals surface area contributed by atoms with E-state index in [4.69, 9.17) is 4.98 Å². The van der Waals surface area contributed by atoms with Crippen molar-refractivity contribution in [2.45, 2.75) is 24.8 Å². The third-order valence-electron chi connectivity index (χ3n) is 4.43. The van der Waals surface area contributed by atoms with Crippen LogP contribution in [0.1, 0.15) is 16.7 Å². The van der Waals surface area contributed by atoms with Gasteiger partial charge in [-0.25, -0.2) is 4.98 Å². The number of aromatic nitrogens is 4. The van der Waals surface area contributed by atoms with Crippen molar-refractivity contribution in [3.05, 3.63) is 89.7 Å². The summed E-state index contributed by atoms with van der Waals surface area (Å²) < 4.78 is 0. The third-order valence-corrected chi connectivity index (χ3v) is 5.34. The summed E-state index contributed by atoms with van der Waals surface area (Å²) >= 11 is 1.58. The number of hydrogen-bond acceptors (Lipinski definition) is 5. The lowest BCUT2D eigenvalue weighted by Gasteiger charge is -2.10. The molecule has 0 aliphatic rings. The minimum Gasteiger partial charge on any atom is -0.265 e. The van der Waals surface area contributed by atoms with Gasteiger partial charge in [0.1, 0.15) is 11.4 Å². The average Bonchev–Trinajstić information content (AvgIpc) is 2.74. The van der Waals surface area contributed by atoms with Crippen LogP contribution in [0.25, 0.3) is 22.5 Å². The second-order valence-corrected chi connectivity index (χ2v) is 7.61. The average molecular weight is 385 g/mol. The fraction of sp³-hybridized carbons (Fsp3) is 0.130. The smallest absolute Gasteiger partial charge is 0.210 e. The maximum Gasteiger partial charge on any atom is 0.210 e. The van der Waals surface area contributed by atoms with Crippen molar-refractivity contribution in [2.24, 2.45) is 0 Å². The van der Waals surface area contributed by atoms with Crippen LogP contribution in [-0.2, 0) is 5.75 Å². The molecule has 0 saturated heterocycles. The molecule has 0 aliphatic carbocycles. The molecule has 4 rings (SSSR count). The first-order chi connectivity index (χ1) is 13.7. The summed E-state index contributed by atoms with van der Waals surface area (Å²) in [5.41, 5.74) is 7.34. The highest BCUT2D eigenvalue weighted by atomic mass is 32.2. The van der Waals surface area contributed by atoms with E-state index in [-0.39, 0.29) is 0 Å². The predicted molar refractivity (Wildman–Crippen MR) is 114 cm³/mol. The Morgan fingerprint density at radius 2 is 1.25 bits per heavy atom. The van der Waals surface area contributed by atoms with E-state index >= 15 is 0 Å². The summed E-state index contributed by atoms with van der Waals surface area (Å²) in [6.45, 7) is 4.16. The number of aryl methyl sites for hydroxylation is 2. The molecule has 2 aromatic carbocycles. The van der Waals surface area contributed by atoms with Gasteiger partial charge in [-0.1, -0.05) is 71.4 Å². The molecule has 0 atom stereocenters. The summed E-state index contributed by atoms with van der Waals surface area (Å²) in [5.74, 6) is 0.779. The molecule has 0 bridgehead atoms. The number of hydrogen-bond donors (Lipinski definition) is 0. The quantitative estimate of drug-likeness (QED) is 0.425. The Morgan fingerprint density at radius 3 is 1.86 bits per heavy atom. The Hall–Kier alpha value is -3.05. The van der Waals surface area contributed by atoms with Crippen LogP contribution in [-0.4, -0.2) is 20.2 Å². The van der Waals surface area contributed by atoms with Crippen LogP contribution in [0.2, 0.25) is 0 Å². The topological polar surface area (TPSA) is 51.6 Å². The monoisotopic (exact) mass is 384 g/mol. The van der Waals surface area contributed by atoms with E-state index in [0.29, 0.717) is 5.16 Å². The second-order valence-electron chi connectivity index (χ2n) is 6.67. The Balaban J connectivity index is 1.71. The van der Waals surface area contributed by atoms with Crippen molar-refractivity contribution in [3.8, 4) is 22.5 Å². The number of thioether (sulfide) groups is 1. The molecule has 5 heteroatoms. The number of pyridine rings is 1. The lowest BCUT2D eigenvalue weighted by Crippen LogP contribution is -1.99. The van der Waals surface area contributed by atoms with E-state index in [0.717, 1.165) is 28.3 Å². The van der Waals surface area contributed by atoms with Gasteiger partial charge >= 0.3 is 0 Å². The predicted octanol–water partition coefficient (Wildman–Crippen LogP) is 5.51. The lowest BCUT2D eigenvalue weighted by molar-refractivity contribution is 0.850. The highest BCUT2D eigenvalue weighted by molar-refractivity contribution is 7.98. The molecule has 2 aromatic heterocycles. The first kappa shape index (κ1) is 18.3. The van der Waals surface area contributed by atoms with Gasteiger partial charge in [0, 0.05) is 29.3 Å². The van der Waals surface area contributed by atoms with Crippen LogP contribution in [0.15, 0.2) is 78.2 Å². The molecule has 0 saturated carbocycles. The molecule has 28 heavy (non-hydrogen) atoms. The Kier molecular flexibility index (Phi) is 5.44. The molecule has 0 N–H and O–H groups in total. The van der Waals surface area contributed by atoms with Crippen molar-refractivity contribution in [1.82, 2.24) is 20.2 Å². The van der Waals surface area contributed by atoms with Gasteiger partial charge in [-0.05, 0) is 31.5 Å². The Morgan fingerprint density at radius 1 is 0.679 bits per heavy atom. The van der Waals surface area contributed by atoms with Gasteiger partial charge in [0.15, 0.2) is 0 Å². The molecule has 4 nitrogen and oxygen atoms in total. The largest absolute Gasteiger partial charge is 0.265 e. The van der Waals surface area contributed by atoms with Gasteiger partial charge in [-0.3, -0.25) is 4.98 Å². The highest BCUT2D eigenvalue weighted by Gasteiger charge is 2.14. The van der Waals surface area contributed by atoms with Gasteiger partial charge in [0.05, 0.1) is 0 Å². The zero-order valence-electron chi connectivity index (χ0n) is 15.8. The molecule has 0 spiro atoms. The van der Waals surface area contributed by atoms with E-state index in [1.165, 1.54) is 16.7 Å². The molecular weight excluding hydrogens is 364 g/mol. The lowest BCUT2D eigenvalue weighted by atomic mass is 10.0. The summed E-state index contributed by atoms with van der Waals surface area (Å²) in [4.78, 5) is 8.92. The number of rotatable bonds is 5. The van der Waals surface area contributed by atoms with Crippen LogP contribution in [0.3, 0.4) is 0 Å². The van der Waals surface area contributed by atoms with Crippen molar-refractivity contribution >= 4 is 11.8 Å². The van der Waals surface area contributed by atoms with E-state index in [1.54, 1.807) is 24.2 Å². The molecule has 0 amide bonds. The van der Waals surface area contributed by atoms with Gasteiger partial charge < -0.3 is 0 Å². The first-order valence-electron chi connectivity index (χ1n) is 9.09. The minimum atomic E-state index is 0.670. The van der Waals surface area contributed by atoms with Crippen molar-refractivity contribution in [2.75, 3.05) is 0 Å². The standard InChI is InChI=1S/C23H20N4S/c1-16-3-7-19(8-4-16)21-22(20-9-5-17(2)6-10-20)26-27-23(25-21)28-15-18-11-13-24-14-12-18/h3-14H,15H2,1-2H3. The van der Waals surface area contributed by atoms with Gasteiger partial charge in [-0.2, -0.15) is 0 Å². The molecule has 4 aromatic rings. The maximum atomic E-state index is 4.86. The summed E-state index contributed by atoms with van der Waals surface area (Å²) in [6.07, 6.45) is 3.60. The molecule has 0 radical (unpaired) electrons. The highest BCUT2D eigenvalue weighted by Crippen LogP contribution is 2.30. The molecule has 0 fully saturated rings. The van der Waals surface area contributed by atoms with Crippen LogP contribution >= 0.6 is 11.8 Å². The van der Waals surface area contributed by atoms with Gasteiger partial charge in [0.25, 0.3) is 0 Å². The zero-order chi connectivity index (χ0) is 19.3. The van der Waals surface area contributed by atoms with Crippen molar-refractivity contribution in [1.29, 1.82) is 0 Å². The SMILES string of the molecule is Cc1ccc(-c2nnc(SCc3ccncc3)nc2-c2ccc(C)cc2)cc1. The van der Waals surface area contributed by atoms with E-state index in [1.807, 2.05) is 12.1 Å². The Labute approximate surface area is 169 Å². The summed E-state index contributed by atoms with van der Waals surface area (Å²) in [5, 5.41) is 9.60. The fourth-order valence-electron chi connectivity index (χ4n) is 2.82. The van der Waals surface area contributed by atoms with Crippen molar-refractivity contribution in [3.63, 3.8) is 0 Å². The number of benzene rings is 2. The van der Waals surface area contributed by atoms with Crippen molar-refractivity contribution < 1.29 is 0 Å². The first-order valence-corrected chi connectivity index (χ1v) is 10.1. The van der Waals surface area contributed by atoms with E-state index in [2.05, 4.69) is 77.6 Å². The minimum absolute atomic E-state index is 0.670. The van der Waals surface area contributed by atoms with E-state index < -0.39 is 0 Å². The Bertz CT molecular complexity index is 1060. The summed E-state index contributed by atoms with van der Waals surface area (Å²) in [6, 6.07) is 20.7. The third kappa shape index (κ3) is 4.26. The molecular formula is C23H20N4S. The second kappa shape index (κ2) is 8.31. The molecule has 0 aliphatic heterocycles. The van der Waals surface area contributed by atoms with Gasteiger partial charge in [0.2, 0.25) is 5.16 Å². The zero-order valence-corrected chi connectivity index (χ0v) is 16.6. The summed E-state index contributed by atoms with van der Waals surface area (Å²) in [7, 11) is 0. The van der Waals surface area contributed by atoms with Crippen LogP contribution in [0, 0.1) is 13.8 Å². The number of nitrogens with zero attached hydrogens (tertiary/aromatic N) is 4. The van der Waals surface area contributed by atoms with Crippen LogP contribution in [0.5, 0.6) is 0 Å². The van der Waals surface area contributed by atoms with Crippen LogP contribution in [0.4, 0.5) is 0 Å².